The number of carbonyl (C=O) groups excluding carboxylic acids is 1. The summed E-state index contributed by atoms with van der Waals surface area (Å²) in [7, 11) is 0. The largest absolute Gasteiger partial charge is 0.340 e. The van der Waals surface area contributed by atoms with Crippen LogP contribution in [0.25, 0.3) is 28.0 Å². The number of benzene rings is 2. The molecular formula is C30H31N5O3. The van der Waals surface area contributed by atoms with Crippen molar-refractivity contribution in [2.24, 2.45) is 5.92 Å². The first kappa shape index (κ1) is 24.3. The van der Waals surface area contributed by atoms with E-state index in [1.54, 1.807) is 12.1 Å². The van der Waals surface area contributed by atoms with E-state index in [4.69, 9.17) is 4.98 Å². The van der Waals surface area contributed by atoms with Gasteiger partial charge in [0, 0.05) is 62.5 Å². The van der Waals surface area contributed by atoms with Crippen LogP contribution >= 0.6 is 0 Å². The van der Waals surface area contributed by atoms with Gasteiger partial charge in [0.1, 0.15) is 5.65 Å². The minimum Gasteiger partial charge on any atom is -0.340 e. The molecule has 2 aromatic heterocycles. The monoisotopic (exact) mass is 509 g/mol. The van der Waals surface area contributed by atoms with Gasteiger partial charge >= 0.3 is 0 Å². The predicted molar refractivity (Wildman–Crippen MR) is 147 cm³/mol. The minimum absolute atomic E-state index is 0.0634. The van der Waals surface area contributed by atoms with Crippen LogP contribution in [0, 0.1) is 16.0 Å². The number of carbonyl (C=O) groups is 1. The Bertz CT molecular complexity index is 1450. The van der Waals surface area contributed by atoms with Gasteiger partial charge < -0.3 is 9.30 Å². The Kier molecular flexibility index (Phi) is 6.64. The smallest absolute Gasteiger partial charge is 0.269 e. The molecule has 2 aromatic carbocycles. The average Bonchev–Trinajstić information content (AvgIpc) is 3.62. The predicted octanol–water partition coefficient (Wildman–Crippen LogP) is 5.41. The summed E-state index contributed by atoms with van der Waals surface area (Å²) in [5.74, 6) is 0.543. The number of piperazine rings is 1. The van der Waals surface area contributed by atoms with Gasteiger partial charge in [-0.3, -0.25) is 19.8 Å². The van der Waals surface area contributed by atoms with Crippen molar-refractivity contribution < 1.29 is 9.72 Å². The highest BCUT2D eigenvalue weighted by atomic mass is 16.6. The first-order chi connectivity index (χ1) is 18.6. The van der Waals surface area contributed by atoms with Crippen molar-refractivity contribution in [2.75, 3.05) is 26.2 Å². The Hall–Kier alpha value is -4.04. The maximum absolute atomic E-state index is 12.9. The van der Waals surface area contributed by atoms with Crippen LogP contribution < -0.4 is 0 Å². The summed E-state index contributed by atoms with van der Waals surface area (Å²) >= 11 is 0. The molecule has 1 amide bonds. The Morgan fingerprint density at radius 2 is 1.55 bits per heavy atom. The number of aromatic nitrogens is 2. The van der Waals surface area contributed by atoms with Crippen LogP contribution in [0.2, 0.25) is 0 Å². The Morgan fingerprint density at radius 3 is 2.24 bits per heavy atom. The van der Waals surface area contributed by atoms with E-state index >= 15 is 0 Å². The van der Waals surface area contributed by atoms with Gasteiger partial charge in [-0.2, -0.15) is 0 Å². The highest BCUT2D eigenvalue weighted by Gasteiger charge is 2.30. The van der Waals surface area contributed by atoms with E-state index in [0.29, 0.717) is 12.5 Å². The van der Waals surface area contributed by atoms with E-state index in [2.05, 4.69) is 33.7 Å². The third kappa shape index (κ3) is 4.79. The first-order valence-electron chi connectivity index (χ1n) is 13.4. The van der Waals surface area contributed by atoms with E-state index in [-0.39, 0.29) is 16.5 Å². The van der Waals surface area contributed by atoms with Crippen LogP contribution in [-0.4, -0.2) is 56.2 Å². The molecule has 1 aliphatic carbocycles. The Balaban J connectivity index is 1.31. The second-order valence-corrected chi connectivity index (χ2v) is 10.3. The van der Waals surface area contributed by atoms with Crippen molar-refractivity contribution in [1.29, 1.82) is 0 Å². The number of amides is 1. The number of hydrogen-bond acceptors (Lipinski definition) is 5. The summed E-state index contributed by atoms with van der Waals surface area (Å²) in [5.41, 5.74) is 5.85. The van der Waals surface area contributed by atoms with Gasteiger partial charge in [-0.15, -0.1) is 0 Å². The molecule has 8 nitrogen and oxygen atoms in total. The van der Waals surface area contributed by atoms with E-state index in [1.807, 2.05) is 29.2 Å². The molecule has 2 fully saturated rings. The lowest BCUT2D eigenvalue weighted by Crippen LogP contribution is -2.49. The molecule has 1 saturated heterocycles. The molecule has 0 spiro atoms. The van der Waals surface area contributed by atoms with Crippen LogP contribution in [0.5, 0.6) is 0 Å². The topological polar surface area (TPSA) is 84.0 Å². The molecule has 2 aliphatic rings. The maximum Gasteiger partial charge on any atom is 0.269 e. The summed E-state index contributed by atoms with van der Waals surface area (Å²) in [6.45, 7) is 3.78. The van der Waals surface area contributed by atoms with Gasteiger partial charge in [0.2, 0.25) is 5.91 Å². The fraction of sp³-hybridized carbons (Fsp3) is 0.333. The number of non-ortho nitro benzene ring substituents is 1. The third-order valence-corrected chi connectivity index (χ3v) is 7.94. The maximum atomic E-state index is 12.9. The Labute approximate surface area is 221 Å². The summed E-state index contributed by atoms with van der Waals surface area (Å²) in [4.78, 5) is 33.1. The van der Waals surface area contributed by atoms with E-state index in [0.717, 1.165) is 72.7 Å². The second-order valence-electron chi connectivity index (χ2n) is 10.3. The molecule has 0 bridgehead atoms. The van der Waals surface area contributed by atoms with Crippen LogP contribution in [0.1, 0.15) is 31.4 Å². The van der Waals surface area contributed by atoms with Crippen molar-refractivity contribution in [3.63, 3.8) is 0 Å². The molecule has 3 heterocycles. The summed E-state index contributed by atoms with van der Waals surface area (Å²) in [6.07, 6.45) is 6.52. The van der Waals surface area contributed by atoms with Crippen LogP contribution in [0.4, 0.5) is 5.69 Å². The van der Waals surface area contributed by atoms with Crippen molar-refractivity contribution in [2.45, 2.75) is 32.2 Å². The second kappa shape index (κ2) is 10.4. The molecular weight excluding hydrogens is 478 g/mol. The molecule has 4 aromatic rings. The molecule has 8 heteroatoms. The Morgan fingerprint density at radius 1 is 0.868 bits per heavy atom. The quantitative estimate of drug-likeness (QED) is 0.256. The van der Waals surface area contributed by atoms with Crippen molar-refractivity contribution in [3.8, 4) is 22.4 Å². The lowest BCUT2D eigenvalue weighted by Gasteiger charge is -2.36. The number of pyridine rings is 1. The van der Waals surface area contributed by atoms with Crippen molar-refractivity contribution in [3.05, 3.63) is 88.7 Å². The van der Waals surface area contributed by atoms with Gasteiger partial charge in [-0.25, -0.2) is 4.98 Å². The summed E-state index contributed by atoms with van der Waals surface area (Å²) in [6, 6.07) is 21.0. The summed E-state index contributed by atoms with van der Waals surface area (Å²) in [5, 5.41) is 11.2. The van der Waals surface area contributed by atoms with Gasteiger partial charge in [-0.1, -0.05) is 43.2 Å². The standard InChI is InChI=1S/C30H31N5O3/c36-30(24-8-4-5-9-24)33-18-16-32(17-19-33)21-27-29(23-10-13-26(14-11-23)35(37)38)31-28-15-12-25(20-34(27)28)22-6-2-1-3-7-22/h1-3,6-7,10-15,20,24H,4-5,8-9,16-19,21H2. The van der Waals surface area contributed by atoms with Crippen LogP contribution in [-0.2, 0) is 11.3 Å². The van der Waals surface area contributed by atoms with Gasteiger partial charge in [0.25, 0.3) is 5.69 Å². The average molecular weight is 510 g/mol. The molecule has 6 rings (SSSR count). The van der Waals surface area contributed by atoms with Gasteiger partial charge in [0.05, 0.1) is 16.3 Å². The summed E-state index contributed by atoms with van der Waals surface area (Å²) < 4.78 is 2.15. The number of fused-ring (bicyclic) bond motifs is 1. The number of hydrogen-bond donors (Lipinski definition) is 0. The number of rotatable bonds is 6. The number of imidazole rings is 1. The highest BCUT2D eigenvalue weighted by molar-refractivity contribution is 5.79. The van der Waals surface area contributed by atoms with Gasteiger partial charge in [0.15, 0.2) is 0 Å². The van der Waals surface area contributed by atoms with Crippen molar-refractivity contribution >= 4 is 17.2 Å². The van der Waals surface area contributed by atoms with Gasteiger partial charge in [-0.05, 0) is 48.2 Å². The lowest BCUT2D eigenvalue weighted by atomic mass is 10.1. The normalized spacial score (nSPS) is 16.8. The van der Waals surface area contributed by atoms with E-state index < -0.39 is 0 Å². The molecule has 0 unspecified atom stereocenters. The molecule has 0 radical (unpaired) electrons. The SMILES string of the molecule is O=C(C1CCCC1)N1CCN(Cc2c(-c3ccc([N+](=O)[O-])cc3)nc3ccc(-c4ccccc4)cn23)CC1. The number of nitro benzene ring substituents is 1. The van der Waals surface area contributed by atoms with E-state index in [1.165, 1.54) is 25.0 Å². The molecule has 38 heavy (non-hydrogen) atoms. The molecule has 1 aliphatic heterocycles. The molecule has 1 saturated carbocycles. The molecule has 0 atom stereocenters. The fourth-order valence-corrected chi connectivity index (χ4v) is 5.79. The lowest BCUT2D eigenvalue weighted by molar-refractivity contribution is -0.384. The zero-order valence-corrected chi connectivity index (χ0v) is 21.3. The number of nitrogens with zero attached hydrogens (tertiary/aromatic N) is 5. The molecule has 194 valence electrons. The minimum atomic E-state index is -0.382. The van der Waals surface area contributed by atoms with E-state index in [9.17, 15) is 14.9 Å². The zero-order chi connectivity index (χ0) is 26.1. The number of nitro groups is 1. The zero-order valence-electron chi connectivity index (χ0n) is 21.3. The molecule has 0 N–H and O–H groups in total. The third-order valence-electron chi connectivity index (χ3n) is 7.94. The van der Waals surface area contributed by atoms with Crippen LogP contribution in [0.15, 0.2) is 72.9 Å². The van der Waals surface area contributed by atoms with Crippen LogP contribution in [0.3, 0.4) is 0 Å². The van der Waals surface area contributed by atoms with Crippen molar-refractivity contribution in [1.82, 2.24) is 19.2 Å². The fourth-order valence-electron chi connectivity index (χ4n) is 5.79. The highest BCUT2D eigenvalue weighted by Crippen LogP contribution is 2.31. The first-order valence-corrected chi connectivity index (χ1v) is 13.4.